The van der Waals surface area contributed by atoms with Gasteiger partial charge in [0.15, 0.2) is 23.0 Å². The van der Waals surface area contributed by atoms with Crippen molar-refractivity contribution < 1.29 is 23.7 Å². The highest BCUT2D eigenvalue weighted by atomic mass is 16.5. The Kier molecular flexibility index (Phi) is 7.43. The molecule has 0 aromatic heterocycles. The summed E-state index contributed by atoms with van der Waals surface area (Å²) in [5.74, 6) is 2.51. The maximum absolute atomic E-state index is 13.2. The summed E-state index contributed by atoms with van der Waals surface area (Å²) in [5, 5.41) is 13.9. The van der Waals surface area contributed by atoms with Crippen molar-refractivity contribution >= 4 is 5.91 Å². The standard InChI is InChI=1S/C33H36N4O5/c1-36-24-11-21-14-29(40-3)31(42-5)16-23(21)32(36)25-12-20-13-28(39-2)30(41-4)15-22(20)27(37(25)26(24)17-34)18-35-33(38)19-9-7-6-8-10-19/h6-10,13-16,24-27,32H,11-12,18H2,1-5H3,(H,35,38)/t24-,25-,26-,27-,32+/m0/s1. The molecule has 1 saturated heterocycles. The lowest BCUT2D eigenvalue weighted by atomic mass is 9.72. The van der Waals surface area contributed by atoms with E-state index in [2.05, 4.69) is 40.4 Å². The van der Waals surface area contributed by atoms with Gasteiger partial charge in [0, 0.05) is 24.2 Å². The molecular weight excluding hydrogens is 532 g/mol. The number of nitrogens with zero attached hydrogens (tertiary/aromatic N) is 3. The topological polar surface area (TPSA) is 96.3 Å². The summed E-state index contributed by atoms with van der Waals surface area (Å²) >= 11 is 0. The van der Waals surface area contributed by atoms with Gasteiger partial charge in [0.2, 0.25) is 0 Å². The third-order valence-corrected chi connectivity index (χ3v) is 9.21. The van der Waals surface area contributed by atoms with Crippen LogP contribution in [0.3, 0.4) is 0 Å². The van der Waals surface area contributed by atoms with Crippen molar-refractivity contribution in [1.82, 2.24) is 15.1 Å². The summed E-state index contributed by atoms with van der Waals surface area (Å²) in [7, 11) is 8.68. The molecule has 42 heavy (non-hydrogen) atoms. The molecular formula is C33H36N4O5. The molecule has 0 radical (unpaired) electrons. The smallest absolute Gasteiger partial charge is 0.251 e. The fourth-order valence-corrected chi connectivity index (χ4v) is 7.27. The number of rotatable bonds is 7. The molecule has 9 heteroatoms. The second-order valence-electron chi connectivity index (χ2n) is 11.1. The lowest BCUT2D eigenvalue weighted by molar-refractivity contribution is -0.0708. The van der Waals surface area contributed by atoms with Crippen LogP contribution in [0.5, 0.6) is 23.0 Å². The van der Waals surface area contributed by atoms with Crippen LogP contribution < -0.4 is 24.3 Å². The summed E-state index contributed by atoms with van der Waals surface area (Å²) in [6.45, 7) is 0.340. The first-order valence-corrected chi connectivity index (χ1v) is 14.2. The van der Waals surface area contributed by atoms with Crippen molar-refractivity contribution in [2.24, 2.45) is 0 Å². The molecule has 9 nitrogen and oxygen atoms in total. The van der Waals surface area contributed by atoms with Crippen LogP contribution in [0.1, 0.15) is 44.7 Å². The van der Waals surface area contributed by atoms with E-state index in [1.165, 1.54) is 11.1 Å². The maximum atomic E-state index is 13.2. The van der Waals surface area contributed by atoms with E-state index in [-0.39, 0.29) is 30.1 Å². The number of carbonyl (C=O) groups is 1. The monoisotopic (exact) mass is 568 g/mol. The second kappa shape index (κ2) is 11.2. The Bertz CT molecular complexity index is 1540. The number of likely N-dealkylation sites (N-methyl/N-ethyl adjacent to an activating group) is 1. The first kappa shape index (κ1) is 27.9. The van der Waals surface area contributed by atoms with Crippen LogP contribution in [0, 0.1) is 11.3 Å². The van der Waals surface area contributed by atoms with E-state index in [1.807, 2.05) is 30.3 Å². The number of hydrogen-bond donors (Lipinski definition) is 1. The minimum Gasteiger partial charge on any atom is -0.493 e. The second-order valence-corrected chi connectivity index (χ2v) is 11.1. The Morgan fingerprint density at radius 3 is 2.00 bits per heavy atom. The van der Waals surface area contributed by atoms with E-state index < -0.39 is 6.04 Å². The Balaban J connectivity index is 1.48. The van der Waals surface area contributed by atoms with Crippen LogP contribution in [0.2, 0.25) is 0 Å². The average Bonchev–Trinajstić information content (AvgIpc) is 3.02. The molecule has 0 saturated carbocycles. The number of hydrogen-bond acceptors (Lipinski definition) is 8. The predicted octanol–water partition coefficient (Wildman–Crippen LogP) is 3.92. The largest absolute Gasteiger partial charge is 0.493 e. The van der Waals surface area contributed by atoms with Gasteiger partial charge in [-0.05, 0) is 78.5 Å². The van der Waals surface area contributed by atoms with E-state index in [0.29, 0.717) is 47.9 Å². The molecule has 5 atom stereocenters. The lowest BCUT2D eigenvalue weighted by Crippen LogP contribution is -2.68. The van der Waals surface area contributed by atoms with Gasteiger partial charge in [-0.3, -0.25) is 14.6 Å². The molecule has 0 aliphatic carbocycles. The van der Waals surface area contributed by atoms with Crippen LogP contribution >= 0.6 is 0 Å². The van der Waals surface area contributed by atoms with E-state index in [4.69, 9.17) is 18.9 Å². The normalized spacial score (nSPS) is 24.3. The van der Waals surface area contributed by atoms with E-state index in [9.17, 15) is 10.1 Å². The summed E-state index contributed by atoms with van der Waals surface area (Å²) in [5.41, 5.74) is 5.09. The van der Waals surface area contributed by atoms with Crippen LogP contribution in [0.4, 0.5) is 0 Å². The zero-order chi connectivity index (χ0) is 29.5. The van der Waals surface area contributed by atoms with Gasteiger partial charge in [-0.15, -0.1) is 0 Å². The van der Waals surface area contributed by atoms with Gasteiger partial charge in [0.25, 0.3) is 5.91 Å². The Labute approximate surface area is 246 Å². The molecule has 218 valence electrons. The Morgan fingerprint density at radius 1 is 0.857 bits per heavy atom. The molecule has 3 aliphatic heterocycles. The van der Waals surface area contributed by atoms with E-state index in [1.54, 1.807) is 40.6 Å². The molecule has 3 aromatic rings. The molecule has 1 fully saturated rings. The van der Waals surface area contributed by atoms with Crippen LogP contribution in [-0.4, -0.2) is 75.9 Å². The first-order valence-electron chi connectivity index (χ1n) is 14.2. The molecule has 3 aromatic carbocycles. The number of nitrogens with one attached hydrogen (secondary N) is 1. The number of fused-ring (bicyclic) bond motifs is 7. The average molecular weight is 569 g/mol. The summed E-state index contributed by atoms with van der Waals surface area (Å²) < 4.78 is 22.7. The van der Waals surface area contributed by atoms with Gasteiger partial charge in [-0.25, -0.2) is 0 Å². The number of benzene rings is 3. The number of piperazine rings is 1. The van der Waals surface area contributed by atoms with Crippen molar-refractivity contribution in [2.75, 3.05) is 42.0 Å². The van der Waals surface area contributed by atoms with Crippen molar-refractivity contribution in [3.05, 3.63) is 82.4 Å². The van der Waals surface area contributed by atoms with Gasteiger partial charge in [-0.1, -0.05) is 18.2 Å². The van der Waals surface area contributed by atoms with E-state index >= 15 is 0 Å². The molecule has 2 bridgehead atoms. The third kappa shape index (κ3) is 4.42. The number of ether oxygens (including phenoxy) is 4. The number of amides is 1. The number of methoxy groups -OCH3 is 4. The summed E-state index contributed by atoms with van der Waals surface area (Å²) in [6.07, 6.45) is 1.40. The lowest BCUT2D eigenvalue weighted by Gasteiger charge is -2.60. The summed E-state index contributed by atoms with van der Waals surface area (Å²) in [6, 6.07) is 19.3. The van der Waals surface area contributed by atoms with Crippen molar-refractivity contribution in [1.29, 1.82) is 5.26 Å². The third-order valence-electron chi connectivity index (χ3n) is 9.21. The number of nitriles is 1. The van der Waals surface area contributed by atoms with Gasteiger partial charge >= 0.3 is 0 Å². The van der Waals surface area contributed by atoms with E-state index in [0.717, 1.165) is 11.1 Å². The molecule has 0 spiro atoms. The Morgan fingerprint density at radius 2 is 1.40 bits per heavy atom. The highest BCUT2D eigenvalue weighted by Gasteiger charge is 2.54. The molecule has 1 N–H and O–H groups in total. The zero-order valence-electron chi connectivity index (χ0n) is 24.6. The van der Waals surface area contributed by atoms with Gasteiger partial charge in [-0.2, -0.15) is 5.26 Å². The molecule has 3 aliphatic rings. The van der Waals surface area contributed by atoms with Gasteiger partial charge in [0.1, 0.15) is 6.04 Å². The fraction of sp³-hybridized carbons (Fsp3) is 0.394. The molecule has 0 unspecified atom stereocenters. The van der Waals surface area contributed by atoms with Gasteiger partial charge in [0.05, 0.1) is 46.6 Å². The molecule has 6 rings (SSSR count). The van der Waals surface area contributed by atoms with Crippen molar-refractivity contribution in [2.45, 2.75) is 43.1 Å². The first-order chi connectivity index (χ1) is 20.4. The number of carbonyl (C=O) groups excluding carboxylic acids is 1. The Hall–Kier alpha value is -4.26. The SMILES string of the molecule is COc1cc2c(cc1OC)[C@@H]1[C@@H]3Cc4cc(OC)c(OC)cc4[C@H](CNC(=O)c4ccccc4)N3[C@@H](C#N)[C@H](C2)N1C. The maximum Gasteiger partial charge on any atom is 0.251 e. The van der Waals surface area contributed by atoms with Crippen LogP contribution in [0.15, 0.2) is 54.6 Å². The zero-order valence-corrected chi connectivity index (χ0v) is 24.6. The highest BCUT2D eigenvalue weighted by molar-refractivity contribution is 5.94. The minimum atomic E-state index is -0.405. The highest BCUT2D eigenvalue weighted by Crippen LogP contribution is 2.52. The quantitative estimate of drug-likeness (QED) is 0.458. The minimum absolute atomic E-state index is 0.00303. The molecule has 1 amide bonds. The van der Waals surface area contributed by atoms with Crippen molar-refractivity contribution in [3.63, 3.8) is 0 Å². The summed E-state index contributed by atoms with van der Waals surface area (Å²) in [4.78, 5) is 17.9. The molecule has 3 heterocycles. The van der Waals surface area contributed by atoms with Gasteiger partial charge < -0.3 is 24.3 Å². The van der Waals surface area contributed by atoms with Crippen LogP contribution in [0.25, 0.3) is 0 Å². The fourth-order valence-electron chi connectivity index (χ4n) is 7.27. The van der Waals surface area contributed by atoms with Crippen molar-refractivity contribution in [3.8, 4) is 29.1 Å². The van der Waals surface area contributed by atoms with Crippen LogP contribution in [-0.2, 0) is 12.8 Å². The predicted molar refractivity (Wildman–Crippen MR) is 157 cm³/mol.